The van der Waals surface area contributed by atoms with E-state index in [1.54, 1.807) is 0 Å². The molecule has 1 N–H and O–H groups in total. The molecular formula is C17H25NO2. The molecule has 0 amide bonds. The average molecular weight is 275 g/mol. The minimum absolute atomic E-state index is 0.197. The molecule has 1 fully saturated rings. The van der Waals surface area contributed by atoms with Crippen molar-refractivity contribution in [2.75, 3.05) is 19.7 Å². The Balaban J connectivity index is 1.94. The molecule has 0 bridgehead atoms. The zero-order valence-corrected chi connectivity index (χ0v) is 12.6. The van der Waals surface area contributed by atoms with Gasteiger partial charge in [0.15, 0.2) is 0 Å². The number of hydrogen-bond acceptors (Lipinski definition) is 3. The van der Waals surface area contributed by atoms with Crippen molar-refractivity contribution in [3.63, 3.8) is 0 Å². The summed E-state index contributed by atoms with van der Waals surface area (Å²) < 4.78 is 5.77. The van der Waals surface area contributed by atoms with Gasteiger partial charge in [-0.2, -0.15) is 0 Å². The van der Waals surface area contributed by atoms with Gasteiger partial charge in [-0.05, 0) is 44.8 Å². The molecule has 1 aromatic carbocycles. The van der Waals surface area contributed by atoms with Crippen LogP contribution < -0.4 is 4.74 Å². The normalized spacial score (nSPS) is 23.1. The number of rotatable bonds is 4. The zero-order valence-electron chi connectivity index (χ0n) is 12.6. The molecule has 3 heteroatoms. The van der Waals surface area contributed by atoms with E-state index in [1.807, 2.05) is 12.1 Å². The third-order valence-electron chi connectivity index (χ3n) is 5.17. The van der Waals surface area contributed by atoms with Crippen molar-refractivity contribution in [1.29, 1.82) is 0 Å². The second-order valence-corrected chi connectivity index (χ2v) is 6.24. The molecule has 0 radical (unpaired) electrons. The van der Waals surface area contributed by atoms with Gasteiger partial charge in [0.1, 0.15) is 11.9 Å². The van der Waals surface area contributed by atoms with E-state index in [9.17, 15) is 5.11 Å². The molecule has 1 saturated heterocycles. The molecule has 2 heterocycles. The number of nitrogens with zero attached hydrogens (tertiary/aromatic N) is 1. The minimum Gasteiger partial charge on any atom is -0.493 e. The van der Waals surface area contributed by atoms with Crippen LogP contribution in [0.15, 0.2) is 18.2 Å². The Labute approximate surface area is 121 Å². The SMILES string of the molecule is CCC(C)(C(O)c1cccc2c1OCC2)N1CCCC1. The molecule has 3 rings (SSSR count). The molecule has 110 valence electrons. The van der Waals surface area contributed by atoms with Crippen LogP contribution in [-0.4, -0.2) is 35.2 Å². The lowest BCUT2D eigenvalue weighted by atomic mass is 9.84. The Kier molecular flexibility index (Phi) is 3.74. The van der Waals surface area contributed by atoms with E-state index in [4.69, 9.17) is 4.74 Å². The smallest absolute Gasteiger partial charge is 0.128 e. The summed E-state index contributed by atoms with van der Waals surface area (Å²) >= 11 is 0. The molecule has 2 unspecified atom stereocenters. The third kappa shape index (κ3) is 2.13. The van der Waals surface area contributed by atoms with Crippen LogP contribution in [0.3, 0.4) is 0 Å². The number of likely N-dealkylation sites (tertiary alicyclic amines) is 1. The fraction of sp³-hybridized carbons (Fsp3) is 0.647. The number of fused-ring (bicyclic) bond motifs is 1. The summed E-state index contributed by atoms with van der Waals surface area (Å²) in [4.78, 5) is 2.45. The van der Waals surface area contributed by atoms with Gasteiger partial charge in [-0.25, -0.2) is 0 Å². The van der Waals surface area contributed by atoms with Crippen LogP contribution >= 0.6 is 0 Å². The van der Waals surface area contributed by atoms with Gasteiger partial charge in [-0.1, -0.05) is 25.1 Å². The summed E-state index contributed by atoms with van der Waals surface area (Å²) in [5, 5.41) is 11.0. The van der Waals surface area contributed by atoms with Crippen LogP contribution in [0.5, 0.6) is 5.75 Å². The van der Waals surface area contributed by atoms with E-state index in [2.05, 4.69) is 24.8 Å². The summed E-state index contributed by atoms with van der Waals surface area (Å²) in [7, 11) is 0. The van der Waals surface area contributed by atoms with Gasteiger partial charge in [-0.15, -0.1) is 0 Å². The fourth-order valence-electron chi connectivity index (χ4n) is 3.61. The van der Waals surface area contributed by atoms with Crippen LogP contribution in [0, 0.1) is 0 Å². The van der Waals surface area contributed by atoms with Gasteiger partial charge in [0.2, 0.25) is 0 Å². The van der Waals surface area contributed by atoms with Crippen LogP contribution in [-0.2, 0) is 6.42 Å². The topological polar surface area (TPSA) is 32.7 Å². The lowest BCUT2D eigenvalue weighted by Crippen LogP contribution is -2.49. The molecule has 3 nitrogen and oxygen atoms in total. The Morgan fingerprint density at radius 3 is 2.80 bits per heavy atom. The molecule has 0 aromatic heterocycles. The maximum atomic E-state index is 11.0. The summed E-state index contributed by atoms with van der Waals surface area (Å²) in [5.74, 6) is 0.930. The zero-order chi connectivity index (χ0) is 14.2. The molecule has 2 aliphatic heterocycles. The molecule has 0 saturated carbocycles. The van der Waals surface area contributed by atoms with Crippen molar-refractivity contribution < 1.29 is 9.84 Å². The maximum Gasteiger partial charge on any atom is 0.128 e. The molecule has 0 spiro atoms. The molecule has 0 aliphatic carbocycles. The number of aliphatic hydroxyl groups is 1. The largest absolute Gasteiger partial charge is 0.493 e. The first-order valence-corrected chi connectivity index (χ1v) is 7.84. The van der Waals surface area contributed by atoms with E-state index < -0.39 is 6.10 Å². The van der Waals surface area contributed by atoms with Crippen molar-refractivity contribution in [3.05, 3.63) is 29.3 Å². The van der Waals surface area contributed by atoms with E-state index in [-0.39, 0.29) is 5.54 Å². The Hall–Kier alpha value is -1.06. The van der Waals surface area contributed by atoms with Gasteiger partial charge in [0, 0.05) is 17.5 Å². The van der Waals surface area contributed by atoms with Gasteiger partial charge in [0.05, 0.1) is 6.61 Å². The Morgan fingerprint density at radius 1 is 1.35 bits per heavy atom. The van der Waals surface area contributed by atoms with E-state index in [1.165, 1.54) is 18.4 Å². The Morgan fingerprint density at radius 2 is 2.10 bits per heavy atom. The highest BCUT2D eigenvalue weighted by Gasteiger charge is 2.41. The van der Waals surface area contributed by atoms with Gasteiger partial charge < -0.3 is 9.84 Å². The van der Waals surface area contributed by atoms with Crippen LogP contribution in [0.2, 0.25) is 0 Å². The average Bonchev–Trinajstić information content (AvgIpc) is 3.15. The second-order valence-electron chi connectivity index (χ2n) is 6.24. The highest BCUT2D eigenvalue weighted by atomic mass is 16.5. The lowest BCUT2D eigenvalue weighted by molar-refractivity contribution is -0.0151. The van der Waals surface area contributed by atoms with E-state index in [0.717, 1.165) is 43.9 Å². The number of benzene rings is 1. The molecule has 20 heavy (non-hydrogen) atoms. The third-order valence-corrected chi connectivity index (χ3v) is 5.17. The van der Waals surface area contributed by atoms with Crippen molar-refractivity contribution in [2.45, 2.75) is 51.2 Å². The van der Waals surface area contributed by atoms with Crippen molar-refractivity contribution in [3.8, 4) is 5.75 Å². The fourth-order valence-corrected chi connectivity index (χ4v) is 3.61. The summed E-state index contributed by atoms with van der Waals surface area (Å²) in [5.41, 5.74) is 2.01. The van der Waals surface area contributed by atoms with Crippen molar-refractivity contribution in [2.24, 2.45) is 0 Å². The lowest BCUT2D eigenvalue weighted by Gasteiger charge is -2.42. The molecule has 1 aromatic rings. The maximum absolute atomic E-state index is 11.0. The van der Waals surface area contributed by atoms with Crippen molar-refractivity contribution >= 4 is 0 Å². The first kappa shape index (κ1) is 13.9. The predicted octanol–water partition coefficient (Wildman–Crippen LogP) is 2.92. The van der Waals surface area contributed by atoms with Crippen LogP contribution in [0.1, 0.15) is 50.3 Å². The number of aliphatic hydroxyl groups excluding tert-OH is 1. The summed E-state index contributed by atoms with van der Waals surface area (Å²) in [6.07, 6.45) is 3.90. The van der Waals surface area contributed by atoms with Gasteiger partial charge in [-0.3, -0.25) is 4.90 Å². The highest BCUT2D eigenvalue weighted by Crippen LogP contribution is 2.42. The summed E-state index contributed by atoms with van der Waals surface area (Å²) in [6, 6.07) is 6.18. The quantitative estimate of drug-likeness (QED) is 0.917. The van der Waals surface area contributed by atoms with Gasteiger partial charge in [0.25, 0.3) is 0 Å². The molecular weight excluding hydrogens is 250 g/mol. The first-order chi connectivity index (χ1) is 9.66. The summed E-state index contributed by atoms with van der Waals surface area (Å²) in [6.45, 7) is 7.29. The van der Waals surface area contributed by atoms with Crippen LogP contribution in [0.4, 0.5) is 0 Å². The van der Waals surface area contributed by atoms with Gasteiger partial charge >= 0.3 is 0 Å². The number of ether oxygens (including phenoxy) is 1. The highest BCUT2D eigenvalue weighted by molar-refractivity contribution is 5.46. The van der Waals surface area contributed by atoms with E-state index >= 15 is 0 Å². The number of hydrogen-bond donors (Lipinski definition) is 1. The number of para-hydroxylation sites is 1. The van der Waals surface area contributed by atoms with Crippen molar-refractivity contribution in [1.82, 2.24) is 4.90 Å². The van der Waals surface area contributed by atoms with Crippen LogP contribution in [0.25, 0.3) is 0 Å². The minimum atomic E-state index is -0.487. The van der Waals surface area contributed by atoms with E-state index in [0.29, 0.717) is 0 Å². The molecule has 2 aliphatic rings. The Bertz CT molecular complexity index is 482. The standard InChI is InChI=1S/C17H25NO2/c1-3-17(2,18-10-4-5-11-18)16(19)14-8-6-7-13-9-12-20-15(13)14/h6-8,16,19H,3-5,9-12H2,1-2H3. The monoisotopic (exact) mass is 275 g/mol. The predicted molar refractivity (Wildman–Crippen MR) is 80.1 cm³/mol. The second kappa shape index (κ2) is 5.38. The molecule has 2 atom stereocenters. The first-order valence-electron chi connectivity index (χ1n) is 7.84.